The number of carboxylic acid groups (broad SMARTS) is 1. The van der Waals surface area contributed by atoms with Gasteiger partial charge in [-0.15, -0.1) is 0 Å². The second kappa shape index (κ2) is 4.51. The Balaban J connectivity index is 2.12. The number of hydrogen-bond acceptors (Lipinski definition) is 3. The number of halogens is 1. The Morgan fingerprint density at radius 3 is 2.95 bits per heavy atom. The van der Waals surface area contributed by atoms with E-state index in [1.165, 1.54) is 0 Å². The maximum Gasteiger partial charge on any atom is 0.309 e. The fourth-order valence-electron chi connectivity index (χ4n) is 1.84. The third-order valence-electron chi connectivity index (χ3n) is 2.70. The van der Waals surface area contributed by atoms with Gasteiger partial charge in [0, 0.05) is 18.0 Å². The quantitative estimate of drug-likeness (QED) is 0.774. The predicted molar refractivity (Wildman–Crippen MR) is 71.8 cm³/mol. The van der Waals surface area contributed by atoms with E-state index in [0.717, 1.165) is 11.3 Å². The van der Waals surface area contributed by atoms with Crippen molar-refractivity contribution >= 4 is 27.5 Å². The second-order valence-corrected chi connectivity index (χ2v) is 4.76. The van der Waals surface area contributed by atoms with Crippen LogP contribution in [0.1, 0.15) is 5.69 Å². The molecule has 0 aromatic carbocycles. The van der Waals surface area contributed by atoms with Crippen molar-refractivity contribution in [1.29, 1.82) is 0 Å². The van der Waals surface area contributed by atoms with Crippen molar-refractivity contribution in [3.63, 3.8) is 0 Å². The van der Waals surface area contributed by atoms with Crippen LogP contribution in [0.3, 0.4) is 0 Å². The third kappa shape index (κ3) is 2.12. The van der Waals surface area contributed by atoms with Crippen LogP contribution in [-0.4, -0.2) is 30.7 Å². The molecule has 3 aromatic heterocycles. The summed E-state index contributed by atoms with van der Waals surface area (Å²) in [6.07, 6.45) is 3.53. The van der Waals surface area contributed by atoms with Gasteiger partial charge in [0.2, 0.25) is 0 Å². The van der Waals surface area contributed by atoms with E-state index in [2.05, 4.69) is 31.0 Å². The molecular formula is C12H9BrN4O2. The number of H-pyrrole nitrogens is 1. The zero-order valence-electron chi connectivity index (χ0n) is 9.67. The number of aliphatic carboxylic acids is 1. The molecule has 0 aliphatic rings. The van der Waals surface area contributed by atoms with Crippen molar-refractivity contribution in [3.8, 4) is 11.3 Å². The Kier molecular flexibility index (Phi) is 2.83. The lowest BCUT2D eigenvalue weighted by Gasteiger charge is -1.99. The normalized spacial score (nSPS) is 11.0. The molecule has 19 heavy (non-hydrogen) atoms. The minimum Gasteiger partial charge on any atom is -0.481 e. The van der Waals surface area contributed by atoms with Gasteiger partial charge in [-0.05, 0) is 34.1 Å². The standard InChI is InChI=1S/C12H9BrN4O2/c13-12-9(5-11(18)19)15-10-2-1-8(16-17(10)12)7-3-4-14-6-7/h1-4,6,14H,5H2,(H,18,19). The average molecular weight is 321 g/mol. The first-order valence-corrected chi connectivity index (χ1v) is 6.33. The van der Waals surface area contributed by atoms with E-state index in [4.69, 9.17) is 5.11 Å². The first-order valence-electron chi connectivity index (χ1n) is 5.54. The van der Waals surface area contributed by atoms with Crippen molar-refractivity contribution in [3.05, 3.63) is 40.9 Å². The van der Waals surface area contributed by atoms with Crippen LogP contribution >= 0.6 is 15.9 Å². The minimum atomic E-state index is -0.921. The number of rotatable bonds is 3. The fourth-order valence-corrected chi connectivity index (χ4v) is 2.33. The number of hydrogen-bond donors (Lipinski definition) is 2. The molecule has 0 unspecified atom stereocenters. The molecule has 96 valence electrons. The van der Waals surface area contributed by atoms with Gasteiger partial charge in [0.1, 0.15) is 4.60 Å². The number of aromatic nitrogens is 4. The van der Waals surface area contributed by atoms with E-state index in [1.54, 1.807) is 4.52 Å². The summed E-state index contributed by atoms with van der Waals surface area (Å²) >= 11 is 3.34. The molecule has 2 N–H and O–H groups in total. The number of imidazole rings is 1. The zero-order chi connectivity index (χ0) is 13.4. The summed E-state index contributed by atoms with van der Waals surface area (Å²) in [7, 11) is 0. The van der Waals surface area contributed by atoms with Crippen molar-refractivity contribution in [2.45, 2.75) is 6.42 Å². The van der Waals surface area contributed by atoms with Gasteiger partial charge in [0.05, 0.1) is 17.8 Å². The van der Waals surface area contributed by atoms with Gasteiger partial charge in [0.25, 0.3) is 0 Å². The van der Waals surface area contributed by atoms with E-state index >= 15 is 0 Å². The number of fused-ring (bicyclic) bond motifs is 1. The van der Waals surface area contributed by atoms with Crippen molar-refractivity contribution in [1.82, 2.24) is 19.6 Å². The smallest absolute Gasteiger partial charge is 0.309 e. The van der Waals surface area contributed by atoms with Crippen LogP contribution in [0.15, 0.2) is 35.2 Å². The van der Waals surface area contributed by atoms with Crippen molar-refractivity contribution in [2.24, 2.45) is 0 Å². The van der Waals surface area contributed by atoms with Gasteiger partial charge in [-0.3, -0.25) is 4.79 Å². The summed E-state index contributed by atoms with van der Waals surface area (Å²) in [5.41, 5.74) is 2.82. The highest BCUT2D eigenvalue weighted by molar-refractivity contribution is 9.10. The predicted octanol–water partition coefficient (Wildman–Crippen LogP) is 2.11. The first-order chi connectivity index (χ1) is 9.15. The van der Waals surface area contributed by atoms with E-state index in [-0.39, 0.29) is 6.42 Å². The van der Waals surface area contributed by atoms with E-state index in [1.807, 2.05) is 30.6 Å². The molecule has 0 aliphatic carbocycles. The summed E-state index contributed by atoms with van der Waals surface area (Å²) in [5, 5.41) is 13.3. The highest BCUT2D eigenvalue weighted by Gasteiger charge is 2.14. The number of nitrogens with one attached hydrogen (secondary N) is 1. The molecule has 0 radical (unpaired) electrons. The molecule has 0 saturated heterocycles. The van der Waals surface area contributed by atoms with Crippen LogP contribution in [0.25, 0.3) is 16.9 Å². The van der Waals surface area contributed by atoms with Gasteiger partial charge in [-0.25, -0.2) is 9.50 Å². The molecule has 0 bridgehead atoms. The van der Waals surface area contributed by atoms with Crippen LogP contribution in [0, 0.1) is 0 Å². The maximum atomic E-state index is 10.8. The van der Waals surface area contributed by atoms with Crippen molar-refractivity contribution < 1.29 is 9.90 Å². The maximum absolute atomic E-state index is 10.8. The molecule has 0 saturated carbocycles. The summed E-state index contributed by atoms with van der Waals surface area (Å²) in [6, 6.07) is 5.57. The van der Waals surface area contributed by atoms with Gasteiger partial charge in [0.15, 0.2) is 5.65 Å². The molecular weight excluding hydrogens is 312 g/mol. The first kappa shape index (κ1) is 11.9. The molecule has 0 atom stereocenters. The molecule has 3 rings (SSSR count). The lowest BCUT2D eigenvalue weighted by Crippen LogP contribution is -2.01. The highest BCUT2D eigenvalue weighted by Crippen LogP contribution is 2.22. The van der Waals surface area contributed by atoms with Crippen LogP contribution < -0.4 is 0 Å². The fraction of sp³-hybridized carbons (Fsp3) is 0.0833. The van der Waals surface area contributed by atoms with Gasteiger partial charge in [-0.1, -0.05) is 0 Å². The molecule has 0 fully saturated rings. The van der Waals surface area contributed by atoms with Crippen LogP contribution in [0.5, 0.6) is 0 Å². The summed E-state index contributed by atoms with van der Waals surface area (Å²) in [6.45, 7) is 0. The van der Waals surface area contributed by atoms with Gasteiger partial charge in [-0.2, -0.15) is 5.10 Å². The average Bonchev–Trinajstić information content (AvgIpc) is 2.99. The Bertz CT molecular complexity index is 749. The SMILES string of the molecule is O=C(O)Cc1nc2ccc(-c3cc[nH]c3)nn2c1Br. The van der Waals surface area contributed by atoms with Crippen molar-refractivity contribution in [2.75, 3.05) is 0 Å². The summed E-state index contributed by atoms with van der Waals surface area (Å²) < 4.78 is 2.17. The van der Waals surface area contributed by atoms with Crippen LogP contribution in [-0.2, 0) is 11.2 Å². The molecule has 0 amide bonds. The number of carbonyl (C=O) groups is 1. The topological polar surface area (TPSA) is 83.3 Å². The Hall–Kier alpha value is -2.15. The molecule has 3 aromatic rings. The van der Waals surface area contributed by atoms with Gasteiger partial charge >= 0.3 is 5.97 Å². The van der Waals surface area contributed by atoms with Crippen LogP contribution in [0.4, 0.5) is 0 Å². The van der Waals surface area contributed by atoms with E-state index in [9.17, 15) is 4.79 Å². The lowest BCUT2D eigenvalue weighted by molar-refractivity contribution is -0.136. The molecule has 6 nitrogen and oxygen atoms in total. The van der Waals surface area contributed by atoms with E-state index < -0.39 is 5.97 Å². The largest absolute Gasteiger partial charge is 0.481 e. The van der Waals surface area contributed by atoms with Crippen LogP contribution in [0.2, 0.25) is 0 Å². The molecule has 3 heterocycles. The highest BCUT2D eigenvalue weighted by atomic mass is 79.9. The monoisotopic (exact) mass is 320 g/mol. The Labute approximate surface area is 116 Å². The number of nitrogens with zero attached hydrogens (tertiary/aromatic N) is 3. The summed E-state index contributed by atoms with van der Waals surface area (Å²) in [5.74, 6) is -0.921. The Morgan fingerprint density at radius 2 is 2.26 bits per heavy atom. The summed E-state index contributed by atoms with van der Waals surface area (Å²) in [4.78, 5) is 18.0. The molecule has 0 spiro atoms. The number of carboxylic acids is 1. The second-order valence-electron chi connectivity index (χ2n) is 4.01. The minimum absolute atomic E-state index is 0.135. The lowest BCUT2D eigenvalue weighted by atomic mass is 10.2. The number of aromatic amines is 1. The molecule has 7 heteroatoms. The Morgan fingerprint density at radius 1 is 1.42 bits per heavy atom. The van der Waals surface area contributed by atoms with Gasteiger partial charge < -0.3 is 10.1 Å². The van der Waals surface area contributed by atoms with E-state index in [0.29, 0.717) is 15.9 Å². The molecule has 0 aliphatic heterocycles. The third-order valence-corrected chi connectivity index (χ3v) is 3.49. The zero-order valence-corrected chi connectivity index (χ0v) is 11.3.